The van der Waals surface area contributed by atoms with Crippen LogP contribution in [-0.4, -0.2) is 45.1 Å². The van der Waals surface area contributed by atoms with Gasteiger partial charge < -0.3 is 15.4 Å². The number of hydrogen-bond donors (Lipinski definition) is 2. The number of ether oxygens (including phenoxy) is 1. The van der Waals surface area contributed by atoms with Crippen LogP contribution < -0.4 is 15.4 Å². The Kier molecular flexibility index (Phi) is 5.00. The maximum Gasteiger partial charge on any atom is 0.315 e. The normalized spacial score (nSPS) is 20.0. The number of urea groups is 1. The van der Waals surface area contributed by atoms with Gasteiger partial charge in [0.15, 0.2) is 9.84 Å². The van der Waals surface area contributed by atoms with E-state index in [0.29, 0.717) is 12.2 Å². The van der Waals surface area contributed by atoms with E-state index in [2.05, 4.69) is 10.6 Å². The lowest BCUT2D eigenvalue weighted by molar-refractivity contribution is 0.233. The molecule has 21 heavy (non-hydrogen) atoms. The zero-order valence-corrected chi connectivity index (χ0v) is 12.2. The fourth-order valence-corrected chi connectivity index (χ4v) is 3.68. The van der Waals surface area contributed by atoms with E-state index in [1.54, 1.807) is 0 Å². The van der Waals surface area contributed by atoms with Crippen molar-refractivity contribution in [3.05, 3.63) is 30.1 Å². The first kappa shape index (κ1) is 15.6. The van der Waals surface area contributed by atoms with E-state index < -0.39 is 15.9 Å². The van der Waals surface area contributed by atoms with Crippen molar-refractivity contribution in [2.75, 3.05) is 24.7 Å². The van der Waals surface area contributed by atoms with Crippen molar-refractivity contribution in [3.8, 4) is 5.75 Å². The highest BCUT2D eigenvalue weighted by Gasteiger charge is 2.28. The van der Waals surface area contributed by atoms with Gasteiger partial charge in [-0.3, -0.25) is 0 Å². The Labute approximate surface area is 122 Å². The number of amides is 2. The van der Waals surface area contributed by atoms with E-state index in [4.69, 9.17) is 4.74 Å². The molecule has 1 aliphatic rings. The molecule has 1 atom stereocenters. The van der Waals surface area contributed by atoms with Gasteiger partial charge in [0, 0.05) is 6.04 Å². The van der Waals surface area contributed by atoms with E-state index >= 15 is 0 Å². The van der Waals surface area contributed by atoms with Gasteiger partial charge >= 0.3 is 6.03 Å². The maximum absolute atomic E-state index is 12.7. The third-order valence-electron chi connectivity index (χ3n) is 3.04. The molecule has 0 aromatic heterocycles. The van der Waals surface area contributed by atoms with Crippen LogP contribution in [0.25, 0.3) is 0 Å². The van der Waals surface area contributed by atoms with Gasteiger partial charge in [-0.25, -0.2) is 17.6 Å². The zero-order valence-electron chi connectivity index (χ0n) is 11.3. The third-order valence-corrected chi connectivity index (χ3v) is 4.81. The van der Waals surface area contributed by atoms with E-state index in [1.165, 1.54) is 24.3 Å². The molecule has 6 nitrogen and oxygen atoms in total. The number of sulfone groups is 1. The summed E-state index contributed by atoms with van der Waals surface area (Å²) in [5.74, 6) is 0.282. The van der Waals surface area contributed by atoms with Gasteiger partial charge in [-0.2, -0.15) is 0 Å². The topological polar surface area (TPSA) is 84.5 Å². The second-order valence-electron chi connectivity index (χ2n) is 4.80. The fraction of sp³-hybridized carbons (Fsp3) is 0.462. The van der Waals surface area contributed by atoms with Crippen LogP contribution in [0, 0.1) is 5.82 Å². The highest BCUT2D eigenvalue weighted by Crippen LogP contribution is 2.11. The first-order chi connectivity index (χ1) is 9.94. The third kappa shape index (κ3) is 5.22. The summed E-state index contributed by atoms with van der Waals surface area (Å²) < 4.78 is 40.5. The minimum absolute atomic E-state index is 0.00744. The van der Waals surface area contributed by atoms with Crippen LogP contribution in [0.4, 0.5) is 9.18 Å². The summed E-state index contributed by atoms with van der Waals surface area (Å²) in [6, 6.07) is 4.83. The number of carbonyl (C=O) groups is 1. The molecule has 1 aliphatic heterocycles. The smallest absolute Gasteiger partial charge is 0.315 e. The first-order valence-corrected chi connectivity index (χ1v) is 8.40. The van der Waals surface area contributed by atoms with Crippen molar-refractivity contribution in [3.63, 3.8) is 0 Å². The molecular formula is C13H17FN2O4S. The first-order valence-electron chi connectivity index (χ1n) is 6.58. The number of hydrogen-bond acceptors (Lipinski definition) is 4. The molecule has 0 bridgehead atoms. The molecule has 1 saturated heterocycles. The van der Waals surface area contributed by atoms with Crippen molar-refractivity contribution in [1.82, 2.24) is 10.6 Å². The van der Waals surface area contributed by atoms with Gasteiger partial charge in [0.25, 0.3) is 0 Å². The predicted octanol–water partition coefficient (Wildman–Crippen LogP) is 0.691. The number of nitrogens with one attached hydrogen (secondary N) is 2. The van der Waals surface area contributed by atoms with Crippen molar-refractivity contribution in [2.45, 2.75) is 12.5 Å². The lowest BCUT2D eigenvalue weighted by atomic mass is 10.3. The van der Waals surface area contributed by atoms with Crippen LogP contribution in [0.5, 0.6) is 5.75 Å². The summed E-state index contributed by atoms with van der Waals surface area (Å²) in [5, 5.41) is 5.18. The molecule has 1 unspecified atom stereocenters. The summed E-state index contributed by atoms with van der Waals surface area (Å²) >= 11 is 0. The summed E-state index contributed by atoms with van der Waals surface area (Å²) in [6.45, 7) is 0.505. The van der Waals surface area contributed by atoms with Crippen LogP contribution in [0.15, 0.2) is 24.3 Å². The summed E-state index contributed by atoms with van der Waals surface area (Å²) in [5.41, 5.74) is 0. The largest absolute Gasteiger partial charge is 0.492 e. The second-order valence-corrected chi connectivity index (χ2v) is 7.03. The second kappa shape index (κ2) is 6.75. The van der Waals surface area contributed by atoms with Gasteiger partial charge in [-0.05, 0) is 30.7 Å². The van der Waals surface area contributed by atoms with Crippen LogP contribution in [-0.2, 0) is 9.84 Å². The number of benzene rings is 1. The lowest BCUT2D eigenvalue weighted by Crippen LogP contribution is -2.43. The Morgan fingerprint density at radius 2 is 2.05 bits per heavy atom. The van der Waals surface area contributed by atoms with Crippen molar-refractivity contribution >= 4 is 15.9 Å². The molecule has 2 amide bonds. The molecule has 116 valence electrons. The molecule has 2 rings (SSSR count). The fourth-order valence-electron chi connectivity index (χ4n) is 2.01. The molecule has 2 N–H and O–H groups in total. The lowest BCUT2D eigenvalue weighted by Gasteiger charge is -2.12. The SMILES string of the molecule is O=C(NCCOc1ccc(F)cc1)NC1CCS(=O)(=O)C1. The number of rotatable bonds is 5. The standard InChI is InChI=1S/C13H17FN2O4S/c14-10-1-3-12(4-2-10)20-7-6-15-13(17)16-11-5-8-21(18,19)9-11/h1-4,11H,5-9H2,(H2,15,16,17). The molecule has 0 saturated carbocycles. The molecule has 8 heteroatoms. The molecule has 1 aromatic rings. The van der Waals surface area contributed by atoms with E-state index in [9.17, 15) is 17.6 Å². The Bertz CT molecular complexity index is 589. The van der Waals surface area contributed by atoms with E-state index in [-0.39, 0.29) is 36.5 Å². The highest BCUT2D eigenvalue weighted by atomic mass is 32.2. The number of carbonyl (C=O) groups excluding carboxylic acids is 1. The quantitative estimate of drug-likeness (QED) is 0.783. The van der Waals surface area contributed by atoms with Gasteiger partial charge in [0.2, 0.25) is 0 Å². The monoisotopic (exact) mass is 316 g/mol. The Morgan fingerprint density at radius 1 is 1.33 bits per heavy atom. The minimum Gasteiger partial charge on any atom is -0.492 e. The summed E-state index contributed by atoms with van der Waals surface area (Å²) in [6.07, 6.45) is 0.446. The van der Waals surface area contributed by atoms with Crippen molar-refractivity contribution in [1.29, 1.82) is 0 Å². The van der Waals surface area contributed by atoms with Crippen molar-refractivity contribution < 1.29 is 22.3 Å². The Balaban J connectivity index is 1.62. The van der Waals surface area contributed by atoms with Crippen LogP contribution in [0.1, 0.15) is 6.42 Å². The molecule has 1 heterocycles. The number of halogens is 1. The van der Waals surface area contributed by atoms with Gasteiger partial charge in [0.1, 0.15) is 18.2 Å². The average Bonchev–Trinajstić information content (AvgIpc) is 2.76. The van der Waals surface area contributed by atoms with E-state index in [0.717, 1.165) is 0 Å². The zero-order chi connectivity index (χ0) is 15.3. The van der Waals surface area contributed by atoms with Gasteiger partial charge in [-0.1, -0.05) is 0 Å². The molecular weight excluding hydrogens is 299 g/mol. The summed E-state index contributed by atoms with van der Waals surface area (Å²) in [4.78, 5) is 11.5. The molecule has 1 fully saturated rings. The molecule has 1 aromatic carbocycles. The highest BCUT2D eigenvalue weighted by molar-refractivity contribution is 7.91. The molecule has 0 aliphatic carbocycles. The Hall–Kier alpha value is -1.83. The van der Waals surface area contributed by atoms with Gasteiger partial charge in [0.05, 0.1) is 18.1 Å². The predicted molar refractivity (Wildman–Crippen MR) is 75.5 cm³/mol. The Morgan fingerprint density at radius 3 is 2.67 bits per heavy atom. The van der Waals surface area contributed by atoms with Crippen molar-refractivity contribution in [2.24, 2.45) is 0 Å². The van der Waals surface area contributed by atoms with Crippen LogP contribution in [0.3, 0.4) is 0 Å². The molecule has 0 spiro atoms. The van der Waals surface area contributed by atoms with E-state index in [1.807, 2.05) is 0 Å². The minimum atomic E-state index is -3.00. The summed E-state index contributed by atoms with van der Waals surface area (Å²) in [7, 11) is -3.00. The molecule has 0 radical (unpaired) electrons. The average molecular weight is 316 g/mol. The van der Waals surface area contributed by atoms with Crippen LogP contribution >= 0.6 is 0 Å². The maximum atomic E-state index is 12.7. The van der Waals surface area contributed by atoms with Crippen LogP contribution in [0.2, 0.25) is 0 Å². The van der Waals surface area contributed by atoms with Gasteiger partial charge in [-0.15, -0.1) is 0 Å².